The summed E-state index contributed by atoms with van der Waals surface area (Å²) in [6.45, 7) is 0. The van der Waals surface area contributed by atoms with Gasteiger partial charge in [-0.25, -0.2) is 17.8 Å². The second-order valence-corrected chi connectivity index (χ2v) is 6.71. The maximum Gasteiger partial charge on any atom is 0.229 e. The van der Waals surface area contributed by atoms with E-state index in [9.17, 15) is 12.8 Å². The zero-order valence-electron chi connectivity index (χ0n) is 11.9. The van der Waals surface area contributed by atoms with Gasteiger partial charge in [-0.1, -0.05) is 0 Å². The van der Waals surface area contributed by atoms with Gasteiger partial charge >= 0.3 is 0 Å². The smallest absolute Gasteiger partial charge is 0.229 e. The molecular weight excluding hydrogens is 307 g/mol. The molecule has 8 heteroatoms. The van der Waals surface area contributed by atoms with Crippen molar-refractivity contribution in [3.8, 4) is 11.4 Å². The van der Waals surface area contributed by atoms with Gasteiger partial charge in [0.05, 0.1) is 29.2 Å². The van der Waals surface area contributed by atoms with Gasteiger partial charge in [-0.3, -0.25) is 9.71 Å². The van der Waals surface area contributed by atoms with Gasteiger partial charge in [-0.15, -0.1) is 0 Å². The van der Waals surface area contributed by atoms with Gasteiger partial charge in [0, 0.05) is 18.8 Å². The minimum absolute atomic E-state index is 0.428. The lowest BCUT2D eigenvalue weighted by atomic mass is 10.2. The van der Waals surface area contributed by atoms with Crippen LogP contribution >= 0.6 is 0 Å². The molecule has 2 heterocycles. The van der Waals surface area contributed by atoms with Crippen LogP contribution in [0.4, 0.5) is 10.1 Å². The molecule has 22 heavy (non-hydrogen) atoms. The van der Waals surface area contributed by atoms with Crippen LogP contribution in [0.3, 0.4) is 0 Å². The molecule has 0 aliphatic rings. The quantitative estimate of drug-likeness (QED) is 0.802. The zero-order valence-corrected chi connectivity index (χ0v) is 12.7. The van der Waals surface area contributed by atoms with Crippen molar-refractivity contribution >= 4 is 26.7 Å². The third-order valence-electron chi connectivity index (χ3n) is 3.15. The van der Waals surface area contributed by atoms with E-state index in [4.69, 9.17) is 0 Å². The summed E-state index contributed by atoms with van der Waals surface area (Å²) in [7, 11) is -1.55. The van der Waals surface area contributed by atoms with Crippen molar-refractivity contribution in [2.75, 3.05) is 11.0 Å². The van der Waals surface area contributed by atoms with Crippen LogP contribution in [0.15, 0.2) is 36.7 Å². The van der Waals surface area contributed by atoms with E-state index in [1.54, 1.807) is 29.8 Å². The number of anilines is 1. The largest absolute Gasteiger partial charge is 0.327 e. The van der Waals surface area contributed by atoms with Crippen LogP contribution in [0.25, 0.3) is 22.4 Å². The Morgan fingerprint density at radius 1 is 1.23 bits per heavy atom. The SMILES string of the molecule is Cn1c(-c2cncc(F)c2)nc2cc(NS(C)(=O)=O)ccc21. The van der Waals surface area contributed by atoms with E-state index in [1.807, 2.05) is 0 Å². The van der Waals surface area contributed by atoms with Crippen molar-refractivity contribution < 1.29 is 12.8 Å². The van der Waals surface area contributed by atoms with E-state index in [2.05, 4.69) is 14.7 Å². The van der Waals surface area contributed by atoms with E-state index in [0.717, 1.165) is 18.0 Å². The van der Waals surface area contributed by atoms with Crippen molar-refractivity contribution in [3.63, 3.8) is 0 Å². The number of rotatable bonds is 3. The summed E-state index contributed by atoms with van der Waals surface area (Å²) in [5.41, 5.74) is 2.39. The molecule has 114 valence electrons. The van der Waals surface area contributed by atoms with Gasteiger partial charge in [0.15, 0.2) is 0 Å². The summed E-state index contributed by atoms with van der Waals surface area (Å²) in [5.74, 6) is 0.113. The predicted molar refractivity (Wildman–Crippen MR) is 82.4 cm³/mol. The third kappa shape index (κ3) is 2.77. The number of aromatic nitrogens is 3. The first-order chi connectivity index (χ1) is 10.3. The minimum atomic E-state index is -3.35. The van der Waals surface area contributed by atoms with Crippen molar-refractivity contribution in [2.24, 2.45) is 7.05 Å². The standard InChI is InChI=1S/C14H13FN4O2S/c1-19-13-4-3-11(18-22(2,20)21)6-12(13)17-14(19)9-5-10(15)8-16-7-9/h3-8,18H,1-2H3. The number of benzene rings is 1. The van der Waals surface area contributed by atoms with Crippen molar-refractivity contribution in [2.45, 2.75) is 0 Å². The Kier molecular flexibility index (Phi) is 3.32. The summed E-state index contributed by atoms with van der Waals surface area (Å²) in [4.78, 5) is 8.25. The zero-order chi connectivity index (χ0) is 15.9. The molecule has 3 rings (SSSR count). The highest BCUT2D eigenvalue weighted by molar-refractivity contribution is 7.92. The average molecular weight is 320 g/mol. The highest BCUT2D eigenvalue weighted by Gasteiger charge is 2.12. The maximum atomic E-state index is 13.3. The average Bonchev–Trinajstić information content (AvgIpc) is 2.74. The summed E-state index contributed by atoms with van der Waals surface area (Å²) in [6, 6.07) is 6.39. The van der Waals surface area contributed by atoms with Gasteiger partial charge < -0.3 is 4.57 Å². The number of nitrogens with one attached hydrogen (secondary N) is 1. The number of aryl methyl sites for hydroxylation is 1. The van der Waals surface area contributed by atoms with Crippen LogP contribution in [0.5, 0.6) is 0 Å². The Morgan fingerprint density at radius 2 is 2.00 bits per heavy atom. The van der Waals surface area contributed by atoms with Gasteiger partial charge in [0.25, 0.3) is 0 Å². The lowest BCUT2D eigenvalue weighted by Crippen LogP contribution is -2.09. The normalized spacial score (nSPS) is 11.8. The van der Waals surface area contributed by atoms with E-state index in [0.29, 0.717) is 22.6 Å². The number of hydrogen-bond acceptors (Lipinski definition) is 4. The van der Waals surface area contributed by atoms with Gasteiger partial charge in [-0.05, 0) is 24.3 Å². The Bertz CT molecular complexity index is 966. The van der Waals surface area contributed by atoms with E-state index < -0.39 is 15.8 Å². The summed E-state index contributed by atoms with van der Waals surface area (Å²) in [6.07, 6.45) is 3.74. The first-order valence-corrected chi connectivity index (χ1v) is 8.28. The molecule has 0 radical (unpaired) electrons. The van der Waals surface area contributed by atoms with Crippen LogP contribution in [-0.4, -0.2) is 29.2 Å². The first kappa shape index (κ1) is 14.5. The summed E-state index contributed by atoms with van der Waals surface area (Å²) in [5, 5.41) is 0. The molecule has 0 aliphatic heterocycles. The summed E-state index contributed by atoms with van der Waals surface area (Å²) >= 11 is 0. The molecule has 0 spiro atoms. The minimum Gasteiger partial charge on any atom is -0.327 e. The molecule has 0 fully saturated rings. The topological polar surface area (TPSA) is 76.9 Å². The van der Waals surface area contributed by atoms with Crippen LogP contribution in [-0.2, 0) is 17.1 Å². The Hall–Kier alpha value is -2.48. The van der Waals surface area contributed by atoms with Crippen molar-refractivity contribution in [3.05, 3.63) is 42.5 Å². The number of sulfonamides is 1. The summed E-state index contributed by atoms with van der Waals surface area (Å²) < 4.78 is 40.1. The molecule has 1 aromatic carbocycles. The van der Waals surface area contributed by atoms with Crippen molar-refractivity contribution in [1.29, 1.82) is 0 Å². The molecule has 2 aromatic heterocycles. The Morgan fingerprint density at radius 3 is 2.68 bits per heavy atom. The molecule has 1 N–H and O–H groups in total. The van der Waals surface area contributed by atoms with Gasteiger partial charge in [0.2, 0.25) is 10.0 Å². The molecule has 6 nitrogen and oxygen atoms in total. The van der Waals surface area contributed by atoms with Crippen molar-refractivity contribution in [1.82, 2.24) is 14.5 Å². The monoisotopic (exact) mass is 320 g/mol. The molecule has 0 unspecified atom stereocenters. The van der Waals surface area contributed by atoms with E-state index in [-0.39, 0.29) is 0 Å². The number of nitrogens with zero attached hydrogens (tertiary/aromatic N) is 3. The number of fused-ring (bicyclic) bond motifs is 1. The van der Waals surface area contributed by atoms with Gasteiger partial charge in [-0.2, -0.15) is 0 Å². The second-order valence-electron chi connectivity index (χ2n) is 4.96. The lowest BCUT2D eigenvalue weighted by Gasteiger charge is -2.04. The Labute approximate surface area is 126 Å². The molecule has 0 aliphatic carbocycles. The molecule has 0 saturated heterocycles. The number of halogens is 1. The number of pyridine rings is 1. The third-order valence-corrected chi connectivity index (χ3v) is 3.75. The molecular formula is C14H13FN4O2S. The van der Waals surface area contributed by atoms with E-state index in [1.165, 1.54) is 12.3 Å². The Balaban J connectivity index is 2.12. The fourth-order valence-corrected chi connectivity index (χ4v) is 2.82. The molecule has 0 atom stereocenters. The molecule has 3 aromatic rings. The molecule has 0 amide bonds. The highest BCUT2D eigenvalue weighted by Crippen LogP contribution is 2.25. The maximum absolute atomic E-state index is 13.3. The highest BCUT2D eigenvalue weighted by atomic mass is 32.2. The second kappa shape index (κ2) is 5.06. The van der Waals surface area contributed by atoms with Crippen LogP contribution < -0.4 is 4.72 Å². The van der Waals surface area contributed by atoms with Crippen LogP contribution in [0.2, 0.25) is 0 Å². The van der Waals surface area contributed by atoms with Gasteiger partial charge in [0.1, 0.15) is 11.6 Å². The molecule has 0 saturated carbocycles. The first-order valence-electron chi connectivity index (χ1n) is 6.39. The predicted octanol–water partition coefficient (Wildman–Crippen LogP) is 2.15. The molecule has 0 bridgehead atoms. The number of imidazole rings is 1. The number of hydrogen-bond donors (Lipinski definition) is 1. The van der Waals surface area contributed by atoms with Crippen LogP contribution in [0, 0.1) is 5.82 Å². The fourth-order valence-electron chi connectivity index (χ4n) is 2.27. The van der Waals surface area contributed by atoms with E-state index >= 15 is 0 Å². The fraction of sp³-hybridized carbons (Fsp3) is 0.143. The van der Waals surface area contributed by atoms with Crippen LogP contribution in [0.1, 0.15) is 0 Å². The lowest BCUT2D eigenvalue weighted by molar-refractivity contribution is 0.607.